The number of aromatic nitrogens is 4. The van der Waals surface area contributed by atoms with Gasteiger partial charge in [-0.3, -0.25) is 14.6 Å². The Hall–Kier alpha value is -3.90. The molecule has 6 nitrogen and oxygen atoms in total. The summed E-state index contributed by atoms with van der Waals surface area (Å²) >= 11 is 6.10. The minimum absolute atomic E-state index is 0.135. The highest BCUT2D eigenvalue weighted by Crippen LogP contribution is 2.20. The van der Waals surface area contributed by atoms with Crippen molar-refractivity contribution >= 4 is 28.4 Å². The molecule has 2 aromatic heterocycles. The fraction of sp³-hybridized carbons (Fsp3) is 0.115. The number of fused-ring (bicyclic) bond motifs is 1. The lowest BCUT2D eigenvalue weighted by Crippen LogP contribution is -2.23. The number of H-pyrrole nitrogens is 1. The quantitative estimate of drug-likeness (QED) is 0.363. The molecule has 0 aliphatic rings. The summed E-state index contributed by atoms with van der Waals surface area (Å²) in [4.78, 5) is 12.8. The van der Waals surface area contributed by atoms with Crippen LogP contribution in [0.4, 0.5) is 0 Å². The number of halogens is 1. The van der Waals surface area contributed by atoms with Crippen LogP contribution in [0.25, 0.3) is 10.9 Å². The van der Waals surface area contributed by atoms with Crippen LogP contribution in [0.5, 0.6) is 0 Å². The maximum absolute atomic E-state index is 12.8. The smallest absolute Gasteiger partial charge is 0.251 e. The molecule has 2 heterocycles. The molecule has 0 atom stereocenters. The van der Waals surface area contributed by atoms with Gasteiger partial charge in [0.2, 0.25) is 0 Å². The Morgan fingerprint density at radius 1 is 0.970 bits per heavy atom. The molecule has 0 fully saturated rings. The highest BCUT2D eigenvalue weighted by Gasteiger charge is 2.10. The summed E-state index contributed by atoms with van der Waals surface area (Å²) in [7, 11) is 0. The van der Waals surface area contributed by atoms with Gasteiger partial charge in [0.25, 0.3) is 5.91 Å². The number of nitrogens with one attached hydrogen (secondary N) is 2. The predicted molar refractivity (Wildman–Crippen MR) is 129 cm³/mol. The Morgan fingerprint density at radius 2 is 1.82 bits per heavy atom. The summed E-state index contributed by atoms with van der Waals surface area (Å²) in [6.45, 7) is 1.07. The largest absolute Gasteiger partial charge is 0.346 e. The zero-order chi connectivity index (χ0) is 22.6. The first-order chi connectivity index (χ1) is 16.1. The first-order valence-electron chi connectivity index (χ1n) is 10.7. The van der Waals surface area contributed by atoms with E-state index in [-0.39, 0.29) is 5.91 Å². The monoisotopic (exact) mass is 455 g/mol. The zero-order valence-corrected chi connectivity index (χ0v) is 18.6. The molecule has 2 N–H and O–H groups in total. The molecular weight excluding hydrogens is 434 g/mol. The van der Waals surface area contributed by atoms with Crippen molar-refractivity contribution in [3.8, 4) is 0 Å². The molecule has 1 amide bonds. The van der Waals surface area contributed by atoms with Gasteiger partial charge in [0.1, 0.15) is 0 Å². The second-order valence-electron chi connectivity index (χ2n) is 7.94. The van der Waals surface area contributed by atoms with E-state index in [1.165, 1.54) is 11.1 Å². The van der Waals surface area contributed by atoms with E-state index >= 15 is 0 Å². The molecule has 0 radical (unpaired) electrons. The number of hydrogen-bond donors (Lipinski definition) is 2. The standard InChI is InChI=1S/C26H22ClN5O/c27-22-9-10-24-23(15-22)25(31-30-24)16-28-26(33)21-4-1-3-20(14-21)13-18-5-7-19(8-6-18)17-32-12-2-11-29-32/h1-12,14-15H,13,16-17H2,(H,28,33)(H,30,31). The molecule has 0 saturated carbocycles. The molecule has 0 aliphatic carbocycles. The third-order valence-corrected chi connectivity index (χ3v) is 5.78. The summed E-state index contributed by atoms with van der Waals surface area (Å²) in [5.41, 5.74) is 5.74. The summed E-state index contributed by atoms with van der Waals surface area (Å²) in [5.74, 6) is -0.135. The van der Waals surface area contributed by atoms with Gasteiger partial charge in [-0.1, -0.05) is 48.0 Å². The van der Waals surface area contributed by atoms with Gasteiger partial charge in [-0.2, -0.15) is 10.2 Å². The van der Waals surface area contributed by atoms with Crippen LogP contribution in [0, 0.1) is 0 Å². The van der Waals surface area contributed by atoms with Crippen molar-refractivity contribution < 1.29 is 4.79 Å². The second kappa shape index (κ2) is 9.30. The molecule has 33 heavy (non-hydrogen) atoms. The van der Waals surface area contributed by atoms with Crippen molar-refractivity contribution in [3.05, 3.63) is 118 Å². The van der Waals surface area contributed by atoms with Crippen LogP contribution in [0.1, 0.15) is 32.7 Å². The molecule has 7 heteroatoms. The molecule has 5 aromatic rings. The number of nitrogens with zero attached hydrogens (tertiary/aromatic N) is 3. The molecule has 0 saturated heterocycles. The predicted octanol–water partition coefficient (Wildman–Crippen LogP) is 4.98. The maximum atomic E-state index is 12.8. The van der Waals surface area contributed by atoms with E-state index < -0.39 is 0 Å². The van der Waals surface area contributed by atoms with Crippen LogP contribution in [0.2, 0.25) is 5.02 Å². The summed E-state index contributed by atoms with van der Waals surface area (Å²) < 4.78 is 1.90. The van der Waals surface area contributed by atoms with Gasteiger partial charge < -0.3 is 5.32 Å². The topological polar surface area (TPSA) is 75.6 Å². The number of benzene rings is 3. The maximum Gasteiger partial charge on any atom is 0.251 e. The van der Waals surface area contributed by atoms with E-state index in [1.54, 1.807) is 6.20 Å². The van der Waals surface area contributed by atoms with E-state index in [2.05, 4.69) is 44.9 Å². The Morgan fingerprint density at radius 3 is 2.64 bits per heavy atom. The summed E-state index contributed by atoms with van der Waals surface area (Å²) in [5, 5.41) is 16.0. The summed E-state index contributed by atoms with van der Waals surface area (Å²) in [6.07, 6.45) is 4.49. The first-order valence-corrected chi connectivity index (χ1v) is 11.1. The van der Waals surface area contributed by atoms with Gasteiger partial charge >= 0.3 is 0 Å². The molecule has 5 rings (SSSR count). The van der Waals surface area contributed by atoms with Crippen molar-refractivity contribution in [1.82, 2.24) is 25.3 Å². The molecule has 0 aliphatic heterocycles. The van der Waals surface area contributed by atoms with Crippen LogP contribution in [-0.4, -0.2) is 25.9 Å². The lowest BCUT2D eigenvalue weighted by molar-refractivity contribution is 0.0950. The van der Waals surface area contributed by atoms with Crippen molar-refractivity contribution in [2.75, 3.05) is 0 Å². The summed E-state index contributed by atoms with van der Waals surface area (Å²) in [6, 6.07) is 23.7. The first kappa shape index (κ1) is 21.0. The van der Waals surface area contributed by atoms with Crippen LogP contribution in [0.3, 0.4) is 0 Å². The van der Waals surface area contributed by atoms with Gasteiger partial charge in [0.15, 0.2) is 0 Å². The van der Waals surface area contributed by atoms with Crippen LogP contribution in [-0.2, 0) is 19.5 Å². The van der Waals surface area contributed by atoms with Crippen LogP contribution in [0.15, 0.2) is 85.2 Å². The van der Waals surface area contributed by atoms with Crippen molar-refractivity contribution in [3.63, 3.8) is 0 Å². The third kappa shape index (κ3) is 4.96. The minimum Gasteiger partial charge on any atom is -0.346 e. The highest BCUT2D eigenvalue weighted by atomic mass is 35.5. The molecule has 0 spiro atoms. The van der Waals surface area contributed by atoms with Crippen molar-refractivity contribution in [2.45, 2.75) is 19.5 Å². The normalized spacial score (nSPS) is 11.1. The molecule has 0 unspecified atom stereocenters. The van der Waals surface area contributed by atoms with E-state index in [1.807, 2.05) is 59.4 Å². The van der Waals surface area contributed by atoms with E-state index in [4.69, 9.17) is 11.6 Å². The van der Waals surface area contributed by atoms with Crippen molar-refractivity contribution in [1.29, 1.82) is 0 Å². The molecule has 3 aromatic carbocycles. The zero-order valence-electron chi connectivity index (χ0n) is 17.8. The average Bonchev–Trinajstić information content (AvgIpc) is 3.48. The number of rotatable bonds is 7. The Bertz CT molecular complexity index is 1390. The number of carbonyl (C=O) groups excluding carboxylic acids is 1. The number of carbonyl (C=O) groups is 1. The lowest BCUT2D eigenvalue weighted by Gasteiger charge is -2.08. The van der Waals surface area contributed by atoms with Gasteiger partial charge in [0, 0.05) is 28.4 Å². The Kier molecular flexibility index (Phi) is 5.91. The highest BCUT2D eigenvalue weighted by molar-refractivity contribution is 6.31. The number of aromatic amines is 1. The van der Waals surface area contributed by atoms with Crippen LogP contribution < -0.4 is 5.32 Å². The molecule has 164 valence electrons. The van der Waals surface area contributed by atoms with E-state index in [9.17, 15) is 4.79 Å². The third-order valence-electron chi connectivity index (χ3n) is 5.54. The van der Waals surface area contributed by atoms with Gasteiger partial charge in [-0.05, 0) is 59.5 Å². The lowest BCUT2D eigenvalue weighted by atomic mass is 10.0. The Balaban J connectivity index is 1.23. The number of hydrogen-bond acceptors (Lipinski definition) is 3. The number of amides is 1. The van der Waals surface area contributed by atoms with E-state index in [0.717, 1.165) is 35.1 Å². The second-order valence-corrected chi connectivity index (χ2v) is 8.38. The fourth-order valence-corrected chi connectivity index (χ4v) is 4.02. The van der Waals surface area contributed by atoms with Crippen molar-refractivity contribution in [2.24, 2.45) is 0 Å². The fourth-order valence-electron chi connectivity index (χ4n) is 3.84. The van der Waals surface area contributed by atoms with Crippen LogP contribution >= 0.6 is 11.6 Å². The average molecular weight is 456 g/mol. The van der Waals surface area contributed by atoms with Gasteiger partial charge in [-0.15, -0.1) is 0 Å². The molecular formula is C26H22ClN5O. The Labute approximate surface area is 196 Å². The van der Waals surface area contributed by atoms with E-state index in [0.29, 0.717) is 17.1 Å². The van der Waals surface area contributed by atoms with Gasteiger partial charge in [-0.25, -0.2) is 0 Å². The minimum atomic E-state index is -0.135. The molecule has 0 bridgehead atoms. The SMILES string of the molecule is O=C(NCc1n[nH]c2ccc(Cl)cc12)c1cccc(Cc2ccc(Cn3cccn3)cc2)c1. The van der Waals surface area contributed by atoms with Gasteiger partial charge in [0.05, 0.1) is 24.3 Å².